The third-order valence-electron chi connectivity index (χ3n) is 6.55. The van der Waals surface area contributed by atoms with Crippen LogP contribution in [0.3, 0.4) is 0 Å². The molecule has 36 heavy (non-hydrogen) atoms. The summed E-state index contributed by atoms with van der Waals surface area (Å²) < 4.78 is 22.1. The first kappa shape index (κ1) is 23.7. The van der Waals surface area contributed by atoms with Crippen LogP contribution in [-0.2, 0) is 4.74 Å². The lowest BCUT2D eigenvalue weighted by atomic mass is 9.96. The summed E-state index contributed by atoms with van der Waals surface area (Å²) in [6, 6.07) is 21.0. The van der Waals surface area contributed by atoms with Gasteiger partial charge in [-0.1, -0.05) is 30.3 Å². The summed E-state index contributed by atoms with van der Waals surface area (Å²) in [5, 5.41) is 3.79. The van der Waals surface area contributed by atoms with Gasteiger partial charge >= 0.3 is 5.97 Å². The maximum Gasteiger partial charge on any atom is 0.339 e. The quantitative estimate of drug-likeness (QED) is 0.285. The average Bonchev–Trinajstić information content (AvgIpc) is 3.39. The van der Waals surface area contributed by atoms with Crippen molar-refractivity contribution in [2.24, 2.45) is 0 Å². The first-order valence-corrected chi connectivity index (χ1v) is 11.9. The summed E-state index contributed by atoms with van der Waals surface area (Å²) in [6.07, 6.45) is 1.73. The number of nitrogens with one attached hydrogen (secondary N) is 1. The number of aryl methyl sites for hydroxylation is 1. The zero-order valence-corrected chi connectivity index (χ0v) is 20.9. The number of methoxy groups -OCH3 is 1. The lowest BCUT2D eigenvalue weighted by Crippen LogP contribution is -2.30. The van der Waals surface area contributed by atoms with Gasteiger partial charge in [0.25, 0.3) is 0 Å². The Morgan fingerprint density at radius 1 is 1.03 bits per heavy atom. The molecule has 8 heteroatoms. The molecule has 0 amide bonds. The number of hydrogen-bond acceptors (Lipinski definition) is 4. The van der Waals surface area contributed by atoms with Gasteiger partial charge < -0.3 is 19.5 Å². The van der Waals surface area contributed by atoms with Crippen molar-refractivity contribution >= 4 is 29.0 Å². The number of esters is 1. The van der Waals surface area contributed by atoms with Crippen molar-refractivity contribution in [3.05, 3.63) is 113 Å². The Balaban J connectivity index is 1.71. The Kier molecular flexibility index (Phi) is 6.28. The second-order valence-electron chi connectivity index (χ2n) is 8.62. The van der Waals surface area contributed by atoms with Gasteiger partial charge in [0.1, 0.15) is 5.82 Å². The highest BCUT2D eigenvalue weighted by Crippen LogP contribution is 2.44. The van der Waals surface area contributed by atoms with E-state index in [-0.39, 0.29) is 17.9 Å². The molecule has 6 nitrogen and oxygen atoms in total. The molecule has 1 aliphatic heterocycles. The monoisotopic (exact) mass is 500 g/mol. The number of thiocarbonyl (C=S) groups is 1. The van der Waals surface area contributed by atoms with Crippen LogP contribution >= 0.6 is 12.2 Å². The van der Waals surface area contributed by atoms with Crippen LogP contribution in [0.1, 0.15) is 45.1 Å². The predicted octanol–water partition coefficient (Wildman–Crippen LogP) is 5.59. The number of carbonyl (C=O) groups excluding carboxylic acids is 1. The van der Waals surface area contributed by atoms with Crippen LogP contribution in [0.2, 0.25) is 0 Å². The van der Waals surface area contributed by atoms with Crippen molar-refractivity contribution in [2.45, 2.75) is 25.9 Å². The van der Waals surface area contributed by atoms with E-state index in [9.17, 15) is 4.79 Å². The maximum atomic E-state index is 15.1. The molecule has 1 N–H and O–H groups in total. The molecule has 2 aromatic carbocycles. The summed E-state index contributed by atoms with van der Waals surface area (Å²) in [7, 11) is 1.37. The second-order valence-corrected chi connectivity index (χ2v) is 9.01. The highest BCUT2D eigenvalue weighted by Gasteiger charge is 2.43. The van der Waals surface area contributed by atoms with Gasteiger partial charge in [0, 0.05) is 17.6 Å². The average molecular weight is 501 g/mol. The Morgan fingerprint density at radius 3 is 2.42 bits per heavy atom. The molecule has 182 valence electrons. The number of halogens is 1. The van der Waals surface area contributed by atoms with Gasteiger partial charge in [-0.25, -0.2) is 9.18 Å². The molecule has 1 saturated heterocycles. The Morgan fingerprint density at radius 2 is 1.72 bits per heavy atom. The molecule has 0 bridgehead atoms. The number of para-hydroxylation sites is 2. The van der Waals surface area contributed by atoms with Crippen LogP contribution in [0, 0.1) is 19.7 Å². The van der Waals surface area contributed by atoms with E-state index < -0.39 is 5.97 Å². The summed E-state index contributed by atoms with van der Waals surface area (Å²) in [6.45, 7) is 3.97. The largest absolute Gasteiger partial charge is 0.465 e. The maximum absolute atomic E-state index is 15.1. The van der Waals surface area contributed by atoms with Crippen molar-refractivity contribution < 1.29 is 13.9 Å². The fraction of sp³-hybridized carbons (Fsp3) is 0.179. The number of carbonyl (C=O) groups is 1. The van der Waals surface area contributed by atoms with Gasteiger partial charge in [0.2, 0.25) is 0 Å². The van der Waals surface area contributed by atoms with Crippen molar-refractivity contribution in [3.8, 4) is 5.69 Å². The number of rotatable bonds is 5. The van der Waals surface area contributed by atoms with Gasteiger partial charge in [0.15, 0.2) is 5.11 Å². The van der Waals surface area contributed by atoms with E-state index in [1.165, 1.54) is 13.2 Å². The second kappa shape index (κ2) is 9.54. The van der Waals surface area contributed by atoms with E-state index in [0.29, 0.717) is 22.1 Å². The predicted molar refractivity (Wildman–Crippen MR) is 141 cm³/mol. The third kappa shape index (κ3) is 3.93. The van der Waals surface area contributed by atoms with Gasteiger partial charge in [-0.05, 0) is 74.1 Å². The summed E-state index contributed by atoms with van der Waals surface area (Å²) in [4.78, 5) is 18.9. The normalized spacial score (nSPS) is 17.2. The number of ether oxygens (including phenoxy) is 1. The molecule has 3 heterocycles. The van der Waals surface area contributed by atoms with Crippen LogP contribution < -0.4 is 10.2 Å². The van der Waals surface area contributed by atoms with E-state index in [1.807, 2.05) is 53.6 Å². The number of nitrogens with zero attached hydrogens (tertiary/aromatic N) is 3. The third-order valence-corrected chi connectivity index (χ3v) is 6.86. The lowest BCUT2D eigenvalue weighted by molar-refractivity contribution is 0.0600. The molecule has 2 aromatic heterocycles. The first-order valence-electron chi connectivity index (χ1n) is 11.5. The van der Waals surface area contributed by atoms with Crippen molar-refractivity contribution in [2.75, 3.05) is 12.0 Å². The van der Waals surface area contributed by atoms with Crippen molar-refractivity contribution in [1.82, 2.24) is 14.9 Å². The lowest BCUT2D eigenvalue weighted by Gasteiger charge is -2.28. The van der Waals surface area contributed by atoms with Gasteiger partial charge in [-0.2, -0.15) is 0 Å². The molecule has 0 saturated carbocycles. The molecule has 5 rings (SSSR count). The SMILES string of the molecule is COC(=O)c1ccccc1-n1c(C)cc(C2C(c3ccccn3)NC(=S)N2c2ccccc2F)c1C. The van der Waals surface area contributed by atoms with E-state index in [1.54, 1.807) is 36.5 Å². The van der Waals surface area contributed by atoms with Gasteiger partial charge in [-0.3, -0.25) is 4.98 Å². The fourth-order valence-corrected chi connectivity index (χ4v) is 5.33. The number of benzene rings is 2. The van der Waals surface area contributed by atoms with Crippen LogP contribution in [0.15, 0.2) is 79.0 Å². The minimum absolute atomic E-state index is 0.317. The van der Waals surface area contributed by atoms with Crippen LogP contribution in [0.25, 0.3) is 5.69 Å². The minimum Gasteiger partial charge on any atom is -0.465 e. The van der Waals surface area contributed by atoms with Crippen LogP contribution in [0.4, 0.5) is 10.1 Å². The van der Waals surface area contributed by atoms with Gasteiger partial charge in [0.05, 0.1) is 41.8 Å². The van der Waals surface area contributed by atoms with E-state index in [0.717, 1.165) is 22.6 Å². The van der Waals surface area contributed by atoms with Crippen molar-refractivity contribution in [3.63, 3.8) is 0 Å². The first-order chi connectivity index (χ1) is 17.4. The molecule has 0 aliphatic carbocycles. The Hall–Kier alpha value is -4.04. The van der Waals surface area contributed by atoms with Crippen LogP contribution in [0.5, 0.6) is 0 Å². The molecule has 4 aromatic rings. The molecule has 2 atom stereocenters. The zero-order valence-electron chi connectivity index (χ0n) is 20.1. The topological polar surface area (TPSA) is 59.4 Å². The van der Waals surface area contributed by atoms with Gasteiger partial charge in [-0.15, -0.1) is 0 Å². The highest BCUT2D eigenvalue weighted by molar-refractivity contribution is 7.80. The standard InChI is InChI=1S/C28H25FN4O2S/c1-17-16-20(18(2)32(17)23-13-6-4-10-19(23)27(34)35-3)26-25(22-12-8-9-15-30-22)31-28(36)33(26)24-14-7-5-11-21(24)29/h4-16,25-26H,1-3H3,(H,31,36). The molecule has 1 aliphatic rings. The fourth-order valence-electron chi connectivity index (χ4n) is 4.99. The number of hydrogen-bond donors (Lipinski definition) is 1. The molecular formula is C28H25FN4O2S. The molecule has 0 spiro atoms. The van der Waals surface area contributed by atoms with E-state index >= 15 is 4.39 Å². The Bertz CT molecular complexity index is 1450. The van der Waals surface area contributed by atoms with Crippen LogP contribution in [-0.4, -0.2) is 27.7 Å². The number of aromatic nitrogens is 2. The minimum atomic E-state index is -0.414. The number of anilines is 1. The van der Waals surface area contributed by atoms with E-state index in [4.69, 9.17) is 17.0 Å². The molecular weight excluding hydrogens is 475 g/mol. The van der Waals surface area contributed by atoms with Crippen molar-refractivity contribution in [1.29, 1.82) is 0 Å². The summed E-state index contributed by atoms with van der Waals surface area (Å²) in [5.74, 6) is -0.777. The van der Waals surface area contributed by atoms with E-state index in [2.05, 4.69) is 16.4 Å². The summed E-state index contributed by atoms with van der Waals surface area (Å²) >= 11 is 5.74. The zero-order chi connectivity index (χ0) is 25.4. The highest BCUT2D eigenvalue weighted by atomic mass is 32.1. The number of pyridine rings is 1. The molecule has 1 fully saturated rings. The molecule has 0 radical (unpaired) electrons. The Labute approximate surface area is 214 Å². The smallest absolute Gasteiger partial charge is 0.339 e. The molecule has 2 unspecified atom stereocenters. The summed E-state index contributed by atoms with van der Waals surface area (Å²) in [5.41, 5.74) is 5.12.